The molecule has 0 radical (unpaired) electrons. The van der Waals surface area contributed by atoms with Gasteiger partial charge in [0.25, 0.3) is 5.91 Å². The number of carbonyl (C=O) groups is 1. The predicted molar refractivity (Wildman–Crippen MR) is 104 cm³/mol. The molecule has 0 spiro atoms. The van der Waals surface area contributed by atoms with Crippen LogP contribution < -0.4 is 0 Å². The van der Waals surface area contributed by atoms with Crippen LogP contribution in [0.15, 0.2) is 16.0 Å². The van der Waals surface area contributed by atoms with Crippen molar-refractivity contribution in [3.63, 3.8) is 0 Å². The van der Waals surface area contributed by atoms with Gasteiger partial charge < -0.3 is 4.57 Å². The molecule has 0 atom stereocenters. The highest BCUT2D eigenvalue weighted by molar-refractivity contribution is 8.18. The van der Waals surface area contributed by atoms with Gasteiger partial charge in [0.1, 0.15) is 0 Å². The monoisotopic (exact) mass is 347 g/mol. The smallest absolute Gasteiger partial charge is 0.266 e. The Labute approximate surface area is 150 Å². The van der Waals surface area contributed by atoms with Gasteiger partial charge in [-0.3, -0.25) is 14.7 Å². The standard InChI is InChI=1S/C19H29N3OS/c1-11(2)20-19-22(13(5)6)18(23)17(24-19)10-16-9-14(7)21(12(3)4)15(16)8/h9-13H,1-8H3/b17-10+,20-19?. The molecule has 0 bridgehead atoms. The van der Waals surface area contributed by atoms with Crippen LogP contribution in [-0.2, 0) is 4.79 Å². The minimum Gasteiger partial charge on any atom is -0.346 e. The summed E-state index contributed by atoms with van der Waals surface area (Å²) in [6, 6.07) is 2.85. The molecule has 1 aromatic heterocycles. The summed E-state index contributed by atoms with van der Waals surface area (Å²) < 4.78 is 2.31. The number of aliphatic imine (C=N–C) groups is 1. The van der Waals surface area contributed by atoms with E-state index in [0.29, 0.717) is 6.04 Å². The van der Waals surface area contributed by atoms with Gasteiger partial charge in [0.05, 0.1) is 4.91 Å². The molecule has 1 amide bonds. The third kappa shape index (κ3) is 3.61. The van der Waals surface area contributed by atoms with Crippen LogP contribution in [0.5, 0.6) is 0 Å². The molecule has 2 heterocycles. The fourth-order valence-electron chi connectivity index (χ4n) is 3.14. The van der Waals surface area contributed by atoms with Crippen molar-refractivity contribution < 1.29 is 4.79 Å². The molecule has 1 aromatic rings. The van der Waals surface area contributed by atoms with Gasteiger partial charge in [-0.1, -0.05) is 0 Å². The first-order valence-electron chi connectivity index (χ1n) is 8.62. The van der Waals surface area contributed by atoms with Crippen molar-refractivity contribution in [3.05, 3.63) is 27.9 Å². The van der Waals surface area contributed by atoms with E-state index < -0.39 is 0 Å². The average Bonchev–Trinajstić information content (AvgIpc) is 2.87. The van der Waals surface area contributed by atoms with E-state index in [1.54, 1.807) is 4.90 Å². The number of rotatable bonds is 4. The van der Waals surface area contributed by atoms with Crippen LogP contribution in [0, 0.1) is 13.8 Å². The lowest BCUT2D eigenvalue weighted by Gasteiger charge is -2.20. The molecule has 0 aromatic carbocycles. The summed E-state index contributed by atoms with van der Waals surface area (Å²) in [6.07, 6.45) is 2.02. The van der Waals surface area contributed by atoms with Gasteiger partial charge >= 0.3 is 0 Å². The van der Waals surface area contributed by atoms with Gasteiger partial charge in [0.15, 0.2) is 5.17 Å². The second-order valence-corrected chi connectivity index (χ2v) is 8.18. The molecule has 4 nitrogen and oxygen atoms in total. The number of nitrogens with zero attached hydrogens (tertiary/aromatic N) is 3. The van der Waals surface area contributed by atoms with Crippen LogP contribution >= 0.6 is 11.8 Å². The third-order valence-corrected chi connectivity index (χ3v) is 5.05. The molecule has 5 heteroatoms. The Kier molecular flexibility index (Phi) is 5.63. The van der Waals surface area contributed by atoms with Crippen molar-refractivity contribution in [3.8, 4) is 0 Å². The number of aromatic nitrogens is 1. The van der Waals surface area contributed by atoms with Gasteiger partial charge in [0.2, 0.25) is 0 Å². The number of amidine groups is 1. The van der Waals surface area contributed by atoms with Crippen molar-refractivity contribution >= 4 is 28.9 Å². The number of hydrogen-bond acceptors (Lipinski definition) is 3. The quantitative estimate of drug-likeness (QED) is 0.735. The molecular formula is C19H29N3OS. The summed E-state index contributed by atoms with van der Waals surface area (Å²) >= 11 is 1.49. The molecule has 1 saturated heterocycles. The zero-order chi connectivity index (χ0) is 18.2. The fourth-order valence-corrected chi connectivity index (χ4v) is 4.36. The zero-order valence-electron chi connectivity index (χ0n) is 16.0. The Balaban J connectivity index is 2.45. The van der Waals surface area contributed by atoms with Crippen LogP contribution in [-0.4, -0.2) is 32.6 Å². The van der Waals surface area contributed by atoms with Crippen molar-refractivity contribution in [2.75, 3.05) is 0 Å². The Morgan fingerprint density at radius 3 is 2.17 bits per heavy atom. The lowest BCUT2D eigenvalue weighted by atomic mass is 10.2. The minimum absolute atomic E-state index is 0.0590. The first-order valence-corrected chi connectivity index (χ1v) is 9.44. The first kappa shape index (κ1) is 18.8. The van der Waals surface area contributed by atoms with E-state index in [4.69, 9.17) is 0 Å². The van der Waals surface area contributed by atoms with Crippen molar-refractivity contribution in [1.82, 2.24) is 9.47 Å². The van der Waals surface area contributed by atoms with Gasteiger partial charge in [-0.2, -0.15) is 0 Å². The SMILES string of the molecule is Cc1cc(/C=C2/SC(=NC(C)C)N(C(C)C)C2=O)c(C)n1C(C)C. The molecule has 1 aliphatic rings. The summed E-state index contributed by atoms with van der Waals surface area (Å²) in [6.45, 7) is 16.7. The molecule has 0 saturated carbocycles. The van der Waals surface area contributed by atoms with Gasteiger partial charge in [-0.05, 0) is 84.9 Å². The van der Waals surface area contributed by atoms with Gasteiger partial charge in [-0.25, -0.2) is 0 Å². The largest absolute Gasteiger partial charge is 0.346 e. The lowest BCUT2D eigenvalue weighted by molar-refractivity contribution is -0.123. The number of thioether (sulfide) groups is 1. The Morgan fingerprint density at radius 1 is 1.08 bits per heavy atom. The van der Waals surface area contributed by atoms with E-state index in [9.17, 15) is 4.79 Å². The molecule has 1 aliphatic heterocycles. The summed E-state index contributed by atoms with van der Waals surface area (Å²) in [5.41, 5.74) is 3.54. The Bertz CT molecular complexity index is 696. The molecule has 24 heavy (non-hydrogen) atoms. The highest BCUT2D eigenvalue weighted by Gasteiger charge is 2.35. The van der Waals surface area contributed by atoms with E-state index in [2.05, 4.69) is 43.3 Å². The number of hydrogen-bond donors (Lipinski definition) is 0. The molecule has 0 N–H and O–H groups in total. The van der Waals surface area contributed by atoms with E-state index >= 15 is 0 Å². The van der Waals surface area contributed by atoms with E-state index in [1.165, 1.54) is 23.1 Å². The summed E-state index contributed by atoms with van der Waals surface area (Å²) in [5, 5.41) is 0.814. The van der Waals surface area contributed by atoms with Crippen LogP contribution in [0.1, 0.15) is 64.5 Å². The van der Waals surface area contributed by atoms with E-state index in [0.717, 1.165) is 15.6 Å². The molecular weight excluding hydrogens is 318 g/mol. The van der Waals surface area contributed by atoms with Gasteiger partial charge in [-0.15, -0.1) is 0 Å². The maximum atomic E-state index is 12.8. The fraction of sp³-hybridized carbons (Fsp3) is 0.579. The van der Waals surface area contributed by atoms with Crippen molar-refractivity contribution in [2.24, 2.45) is 4.99 Å². The number of amides is 1. The molecule has 1 fully saturated rings. The first-order chi connectivity index (χ1) is 11.1. The highest BCUT2D eigenvalue weighted by atomic mass is 32.2. The molecule has 0 aliphatic carbocycles. The van der Waals surface area contributed by atoms with E-state index in [1.807, 2.05) is 33.8 Å². The topological polar surface area (TPSA) is 37.6 Å². The summed E-state index contributed by atoms with van der Waals surface area (Å²) in [4.78, 5) is 20.0. The van der Waals surface area contributed by atoms with Gasteiger partial charge in [0, 0.05) is 29.5 Å². The molecule has 2 rings (SSSR count). The predicted octanol–water partition coefficient (Wildman–Crippen LogP) is 4.77. The maximum Gasteiger partial charge on any atom is 0.266 e. The minimum atomic E-state index is 0.0590. The Hall–Kier alpha value is -1.49. The number of aryl methyl sites for hydroxylation is 1. The van der Waals surface area contributed by atoms with Crippen molar-refractivity contribution in [2.45, 2.75) is 73.5 Å². The average molecular weight is 348 g/mol. The second-order valence-electron chi connectivity index (χ2n) is 7.18. The second kappa shape index (κ2) is 7.18. The molecule has 0 unspecified atom stereocenters. The van der Waals surface area contributed by atoms with Crippen LogP contribution in [0.25, 0.3) is 6.08 Å². The highest BCUT2D eigenvalue weighted by Crippen LogP contribution is 2.35. The maximum absolute atomic E-state index is 12.8. The summed E-state index contributed by atoms with van der Waals surface area (Å²) in [7, 11) is 0. The van der Waals surface area contributed by atoms with Crippen molar-refractivity contribution in [1.29, 1.82) is 0 Å². The normalized spacial score (nSPS) is 19.1. The van der Waals surface area contributed by atoms with Crippen LogP contribution in [0.3, 0.4) is 0 Å². The lowest BCUT2D eigenvalue weighted by Crippen LogP contribution is -2.35. The van der Waals surface area contributed by atoms with E-state index in [-0.39, 0.29) is 18.0 Å². The number of carbonyl (C=O) groups excluding carboxylic acids is 1. The third-order valence-electron chi connectivity index (χ3n) is 4.05. The summed E-state index contributed by atoms with van der Waals surface area (Å²) in [5.74, 6) is 0.0590. The molecule has 132 valence electrons. The zero-order valence-corrected chi connectivity index (χ0v) is 16.9. The Morgan fingerprint density at radius 2 is 1.71 bits per heavy atom. The van der Waals surface area contributed by atoms with Crippen LogP contribution in [0.4, 0.5) is 0 Å². The van der Waals surface area contributed by atoms with Crippen LogP contribution in [0.2, 0.25) is 0 Å².